The minimum atomic E-state index is 0.273. The van der Waals surface area contributed by atoms with Crippen LogP contribution in [0.1, 0.15) is 9.67 Å². The molecule has 0 unspecified atom stereocenters. The quantitative estimate of drug-likeness (QED) is 0.691. The molecule has 0 saturated heterocycles. The molecule has 56 valence electrons. The lowest BCUT2D eigenvalue weighted by Crippen LogP contribution is -1.63. The van der Waals surface area contributed by atoms with Crippen LogP contribution >= 0.6 is 22.7 Å². The zero-order valence-corrected chi connectivity index (χ0v) is 7.04. The van der Waals surface area contributed by atoms with Crippen LogP contribution in [0.25, 0.3) is 9.40 Å². The highest BCUT2D eigenvalue weighted by atomic mass is 32.2. The molecule has 2 aromatic heterocycles. The van der Waals surface area contributed by atoms with E-state index in [1.807, 2.05) is 0 Å². The van der Waals surface area contributed by atoms with Crippen LogP contribution in [0.3, 0.4) is 0 Å². The fraction of sp³-hybridized carbons (Fsp3) is 0. The van der Waals surface area contributed by atoms with Gasteiger partial charge in [-0.3, -0.25) is 4.79 Å². The zero-order valence-electron chi connectivity index (χ0n) is 5.40. The summed E-state index contributed by atoms with van der Waals surface area (Å²) in [6, 6.07) is 1.71. The highest BCUT2D eigenvalue weighted by Gasteiger charge is 2.06. The molecule has 0 bridgehead atoms. The summed E-state index contributed by atoms with van der Waals surface area (Å²) in [5.41, 5.74) is 0. The van der Waals surface area contributed by atoms with E-state index in [1.54, 1.807) is 11.4 Å². The predicted molar refractivity (Wildman–Crippen MR) is 46.8 cm³/mol. The molecule has 4 heteroatoms. The van der Waals surface area contributed by atoms with Crippen LogP contribution in [0.5, 0.6) is 5.75 Å². The van der Waals surface area contributed by atoms with Gasteiger partial charge in [0.1, 0.15) is 5.75 Å². The highest BCUT2D eigenvalue weighted by molar-refractivity contribution is 7.38. The molecule has 1 N–H and O–H groups in total. The maximum Gasteiger partial charge on any atom is 0.160 e. The van der Waals surface area contributed by atoms with E-state index in [4.69, 9.17) is 0 Å². The first-order chi connectivity index (χ1) is 5.31. The Morgan fingerprint density at radius 3 is 3.00 bits per heavy atom. The third kappa shape index (κ3) is 0.948. The fourth-order valence-corrected chi connectivity index (χ4v) is 2.86. The van der Waals surface area contributed by atoms with Crippen molar-refractivity contribution < 1.29 is 9.90 Å². The molecule has 0 spiro atoms. The molecule has 2 heterocycles. The van der Waals surface area contributed by atoms with Crippen LogP contribution < -0.4 is 0 Å². The summed E-state index contributed by atoms with van der Waals surface area (Å²) < 4.78 is 1.00. The number of hydrogen-bond donors (Lipinski definition) is 1. The number of fused-ring (bicyclic) bond motifs is 1. The standard InChI is InChI=1S/C7H4O2S2/c8-2-4-1-5-6(9)3-10-7(5)11-4/h1-3,9H. The second-order valence-electron chi connectivity index (χ2n) is 2.09. The van der Waals surface area contributed by atoms with Gasteiger partial charge >= 0.3 is 0 Å². The normalized spacial score (nSPS) is 10.5. The molecular weight excluding hydrogens is 180 g/mol. The summed E-state index contributed by atoms with van der Waals surface area (Å²) in [7, 11) is 0. The summed E-state index contributed by atoms with van der Waals surface area (Å²) in [5.74, 6) is 0.273. The van der Waals surface area contributed by atoms with Crippen molar-refractivity contribution in [2.45, 2.75) is 0 Å². The van der Waals surface area contributed by atoms with Gasteiger partial charge in [-0.15, -0.1) is 22.7 Å². The van der Waals surface area contributed by atoms with Gasteiger partial charge in [0.15, 0.2) is 6.29 Å². The Kier molecular flexibility index (Phi) is 1.44. The van der Waals surface area contributed by atoms with Crippen molar-refractivity contribution in [2.75, 3.05) is 0 Å². The molecule has 0 aromatic carbocycles. The molecule has 2 nitrogen and oxygen atoms in total. The Morgan fingerprint density at radius 1 is 1.55 bits per heavy atom. The number of rotatable bonds is 1. The predicted octanol–water partition coefficient (Wildman–Crippen LogP) is 2.48. The summed E-state index contributed by atoms with van der Waals surface area (Å²) >= 11 is 2.87. The van der Waals surface area contributed by atoms with Crippen LogP contribution in [0.2, 0.25) is 0 Å². The largest absolute Gasteiger partial charge is 0.506 e. The Hall–Kier alpha value is -0.870. The number of carbonyl (C=O) groups excluding carboxylic acids is 1. The molecule has 11 heavy (non-hydrogen) atoms. The first-order valence-corrected chi connectivity index (χ1v) is 4.66. The van der Waals surface area contributed by atoms with Gasteiger partial charge in [0.25, 0.3) is 0 Å². The van der Waals surface area contributed by atoms with Gasteiger partial charge < -0.3 is 5.11 Å². The lowest BCUT2D eigenvalue weighted by atomic mass is 10.3. The van der Waals surface area contributed by atoms with E-state index in [0.717, 1.165) is 15.7 Å². The molecule has 2 rings (SSSR count). The van der Waals surface area contributed by atoms with E-state index in [-0.39, 0.29) is 5.75 Å². The summed E-state index contributed by atoms with van der Waals surface area (Å²) in [5, 5.41) is 11.7. The van der Waals surface area contributed by atoms with E-state index in [2.05, 4.69) is 0 Å². The topological polar surface area (TPSA) is 37.3 Å². The number of aldehydes is 1. The average molecular weight is 184 g/mol. The SMILES string of the molecule is O=Cc1cc2c(O)csc2s1. The van der Waals surface area contributed by atoms with Crippen molar-refractivity contribution >= 4 is 38.4 Å². The molecule has 0 aliphatic heterocycles. The third-order valence-corrected chi connectivity index (χ3v) is 3.56. The Morgan fingerprint density at radius 2 is 2.36 bits per heavy atom. The molecule has 0 saturated carbocycles. The summed E-state index contributed by atoms with van der Waals surface area (Å²) in [4.78, 5) is 11.0. The van der Waals surface area contributed by atoms with Gasteiger partial charge in [-0.05, 0) is 6.07 Å². The molecule has 0 aliphatic rings. The van der Waals surface area contributed by atoms with E-state index < -0.39 is 0 Å². The molecular formula is C7H4O2S2. The number of aromatic hydroxyl groups is 1. The van der Waals surface area contributed by atoms with Crippen molar-refractivity contribution in [3.63, 3.8) is 0 Å². The van der Waals surface area contributed by atoms with Crippen LogP contribution in [0.15, 0.2) is 11.4 Å². The fourth-order valence-electron chi connectivity index (χ4n) is 0.890. The minimum Gasteiger partial charge on any atom is -0.506 e. The first-order valence-electron chi connectivity index (χ1n) is 2.96. The second-order valence-corrected chi connectivity index (χ2v) is 4.31. The van der Waals surface area contributed by atoms with E-state index >= 15 is 0 Å². The molecule has 0 fully saturated rings. The van der Waals surface area contributed by atoms with Crippen LogP contribution in [0.4, 0.5) is 0 Å². The van der Waals surface area contributed by atoms with E-state index in [9.17, 15) is 9.90 Å². The van der Waals surface area contributed by atoms with Gasteiger partial charge in [-0.1, -0.05) is 0 Å². The van der Waals surface area contributed by atoms with Crippen LogP contribution in [0, 0.1) is 0 Å². The molecule has 0 amide bonds. The maximum atomic E-state index is 10.3. The lowest BCUT2D eigenvalue weighted by molar-refractivity contribution is 0.112. The van der Waals surface area contributed by atoms with Gasteiger partial charge in [0, 0.05) is 10.8 Å². The Labute approximate surface area is 70.7 Å². The van der Waals surface area contributed by atoms with Gasteiger partial charge in [0.2, 0.25) is 0 Å². The van der Waals surface area contributed by atoms with Crippen molar-refractivity contribution in [3.8, 4) is 5.75 Å². The smallest absolute Gasteiger partial charge is 0.160 e. The van der Waals surface area contributed by atoms with E-state index in [0.29, 0.717) is 4.88 Å². The van der Waals surface area contributed by atoms with Crippen LogP contribution in [-0.2, 0) is 0 Å². The van der Waals surface area contributed by atoms with Gasteiger partial charge in [-0.25, -0.2) is 0 Å². The number of carbonyl (C=O) groups is 1. The monoisotopic (exact) mass is 184 g/mol. The summed E-state index contributed by atoms with van der Waals surface area (Å²) in [6.45, 7) is 0. The molecule has 0 radical (unpaired) electrons. The van der Waals surface area contributed by atoms with Crippen molar-refractivity contribution in [3.05, 3.63) is 16.3 Å². The lowest BCUT2D eigenvalue weighted by Gasteiger charge is -1.77. The van der Waals surface area contributed by atoms with E-state index in [1.165, 1.54) is 22.7 Å². The number of thiophene rings is 2. The van der Waals surface area contributed by atoms with Crippen molar-refractivity contribution in [1.29, 1.82) is 0 Å². The average Bonchev–Trinajstić information content (AvgIpc) is 2.53. The van der Waals surface area contributed by atoms with Crippen molar-refractivity contribution in [1.82, 2.24) is 0 Å². The highest BCUT2D eigenvalue weighted by Crippen LogP contribution is 2.36. The molecule has 2 aromatic rings. The van der Waals surface area contributed by atoms with Crippen LogP contribution in [-0.4, -0.2) is 11.4 Å². The Balaban J connectivity index is 2.79. The second kappa shape index (κ2) is 2.32. The van der Waals surface area contributed by atoms with Gasteiger partial charge in [0.05, 0.1) is 8.89 Å². The maximum absolute atomic E-state index is 10.3. The first kappa shape index (κ1) is 6.82. The minimum absolute atomic E-state index is 0.273. The summed E-state index contributed by atoms with van der Waals surface area (Å²) in [6.07, 6.45) is 0.802. The number of hydrogen-bond acceptors (Lipinski definition) is 4. The zero-order chi connectivity index (χ0) is 7.84. The third-order valence-electron chi connectivity index (χ3n) is 1.39. The van der Waals surface area contributed by atoms with Gasteiger partial charge in [-0.2, -0.15) is 0 Å². The van der Waals surface area contributed by atoms with Crippen molar-refractivity contribution in [2.24, 2.45) is 0 Å². The molecule has 0 atom stereocenters. The molecule has 0 aliphatic carbocycles. The Bertz CT molecular complexity index is 399.